The van der Waals surface area contributed by atoms with E-state index in [9.17, 15) is 10.2 Å². The van der Waals surface area contributed by atoms with Crippen molar-refractivity contribution in [3.63, 3.8) is 0 Å². The van der Waals surface area contributed by atoms with Crippen LogP contribution in [-0.4, -0.2) is 40.5 Å². The van der Waals surface area contributed by atoms with E-state index in [2.05, 4.69) is 22.8 Å². The minimum atomic E-state index is -0.637. The highest BCUT2D eigenvalue weighted by atomic mass is 16.3. The van der Waals surface area contributed by atoms with E-state index < -0.39 is 12.2 Å². The number of rotatable bonds is 3. The van der Waals surface area contributed by atoms with Crippen LogP contribution in [0.25, 0.3) is 0 Å². The lowest BCUT2D eigenvalue weighted by Gasteiger charge is -2.28. The fourth-order valence-electron chi connectivity index (χ4n) is 2.93. The first-order valence-electron chi connectivity index (χ1n) is 6.15. The maximum atomic E-state index is 9.80. The molecule has 1 unspecified atom stereocenters. The van der Waals surface area contributed by atoms with Crippen molar-refractivity contribution in [3.8, 4) is 0 Å². The molecule has 4 nitrogen and oxygen atoms in total. The van der Waals surface area contributed by atoms with E-state index in [-0.39, 0.29) is 18.1 Å². The van der Waals surface area contributed by atoms with Crippen LogP contribution >= 0.6 is 0 Å². The third-order valence-electron chi connectivity index (χ3n) is 3.89. The van der Waals surface area contributed by atoms with Gasteiger partial charge in [0.25, 0.3) is 0 Å². The topological polar surface area (TPSA) is 64.5 Å². The van der Waals surface area contributed by atoms with Crippen LogP contribution in [0.1, 0.15) is 12.0 Å². The third-order valence-corrected chi connectivity index (χ3v) is 3.89. The van der Waals surface area contributed by atoms with E-state index in [1.165, 1.54) is 5.56 Å². The quantitative estimate of drug-likeness (QED) is 0.575. The second-order valence-electron chi connectivity index (χ2n) is 4.99. The summed E-state index contributed by atoms with van der Waals surface area (Å²) < 4.78 is 0. The maximum Gasteiger partial charge on any atom is 0.0982 e. The predicted molar refractivity (Wildman–Crippen MR) is 64.4 cm³/mol. The van der Waals surface area contributed by atoms with Gasteiger partial charge in [-0.25, -0.2) is 0 Å². The molecule has 0 aliphatic carbocycles. The molecule has 0 aromatic heterocycles. The molecule has 2 aliphatic rings. The van der Waals surface area contributed by atoms with Crippen LogP contribution in [-0.2, 0) is 6.54 Å². The molecule has 0 amide bonds. The average Bonchev–Trinajstić information content (AvgIpc) is 2.89. The van der Waals surface area contributed by atoms with Crippen molar-refractivity contribution in [2.24, 2.45) is 0 Å². The van der Waals surface area contributed by atoms with E-state index in [1.54, 1.807) is 0 Å². The van der Waals surface area contributed by atoms with Gasteiger partial charge in [0, 0.05) is 18.6 Å². The van der Waals surface area contributed by atoms with Crippen molar-refractivity contribution in [3.05, 3.63) is 35.9 Å². The van der Waals surface area contributed by atoms with Gasteiger partial charge in [0.05, 0.1) is 18.2 Å². The number of hydrogen-bond donors (Lipinski definition) is 4. The van der Waals surface area contributed by atoms with E-state index in [0.717, 1.165) is 13.0 Å². The lowest BCUT2D eigenvalue weighted by Crippen LogP contribution is -2.50. The lowest BCUT2D eigenvalue weighted by atomic mass is 9.90. The number of fused-ring (bicyclic) bond motifs is 2. The van der Waals surface area contributed by atoms with Gasteiger partial charge in [0.15, 0.2) is 0 Å². The Bertz CT molecular complexity index is 382. The van der Waals surface area contributed by atoms with Crippen LogP contribution in [0.2, 0.25) is 0 Å². The van der Waals surface area contributed by atoms with E-state index in [0.29, 0.717) is 0 Å². The minimum Gasteiger partial charge on any atom is -0.389 e. The fraction of sp³-hybridized carbons (Fsp3) is 0.538. The maximum absolute atomic E-state index is 9.80. The van der Waals surface area contributed by atoms with Gasteiger partial charge in [-0.3, -0.25) is 0 Å². The van der Waals surface area contributed by atoms with Crippen molar-refractivity contribution >= 4 is 0 Å². The summed E-state index contributed by atoms with van der Waals surface area (Å²) in [5, 5.41) is 26.2. The highest BCUT2D eigenvalue weighted by Crippen LogP contribution is 2.29. The first-order chi connectivity index (χ1) is 8.25. The molecule has 1 aromatic rings. The third kappa shape index (κ3) is 1.98. The number of aliphatic hydroxyl groups excluding tert-OH is 2. The normalized spacial score (nSPS) is 39.8. The van der Waals surface area contributed by atoms with Crippen molar-refractivity contribution in [2.75, 3.05) is 0 Å². The minimum absolute atomic E-state index is 0.0151. The molecule has 4 heteroatoms. The van der Waals surface area contributed by atoms with Crippen LogP contribution in [0.15, 0.2) is 30.3 Å². The Balaban J connectivity index is 1.58. The van der Waals surface area contributed by atoms with Crippen molar-refractivity contribution in [1.29, 1.82) is 0 Å². The molecular weight excluding hydrogens is 216 g/mol. The molecule has 0 spiro atoms. The highest BCUT2D eigenvalue weighted by Gasteiger charge is 2.51. The summed E-state index contributed by atoms with van der Waals surface area (Å²) in [6, 6.07) is 10.5. The smallest absolute Gasteiger partial charge is 0.0982 e. The molecular formula is C13H18N2O2. The van der Waals surface area contributed by atoms with Gasteiger partial charge in [0.1, 0.15) is 0 Å². The molecule has 0 radical (unpaired) electrons. The molecule has 1 aromatic carbocycles. The standard InChI is InChI=1S/C13H18N2O2/c16-12-10-6-9(11(15-10)13(12)17)14-7-8-4-2-1-3-5-8/h1-5,9-17H,6-7H2/t9-,10+,11?,12-,13+/m0/s1. The summed E-state index contributed by atoms with van der Waals surface area (Å²) in [4.78, 5) is 0. The zero-order chi connectivity index (χ0) is 11.8. The van der Waals surface area contributed by atoms with Gasteiger partial charge >= 0.3 is 0 Å². The molecule has 5 atom stereocenters. The summed E-state index contributed by atoms with van der Waals surface area (Å²) >= 11 is 0. The Morgan fingerprint density at radius 2 is 1.94 bits per heavy atom. The van der Waals surface area contributed by atoms with Crippen LogP contribution < -0.4 is 10.6 Å². The van der Waals surface area contributed by atoms with Crippen LogP contribution in [0, 0.1) is 0 Å². The molecule has 2 heterocycles. The van der Waals surface area contributed by atoms with E-state index >= 15 is 0 Å². The van der Waals surface area contributed by atoms with Crippen molar-refractivity contribution in [2.45, 2.75) is 43.3 Å². The SMILES string of the molecule is O[C@@H]1[C@H](O)C2N[C@@H]1C[C@@H]2NCc1ccccc1. The monoisotopic (exact) mass is 234 g/mol. The number of hydrogen-bond acceptors (Lipinski definition) is 4. The van der Waals surface area contributed by atoms with Gasteiger partial charge in [-0.2, -0.15) is 0 Å². The molecule has 2 fully saturated rings. The van der Waals surface area contributed by atoms with Gasteiger partial charge in [0.2, 0.25) is 0 Å². The van der Waals surface area contributed by atoms with E-state index in [4.69, 9.17) is 0 Å². The Hall–Kier alpha value is -0.940. The lowest BCUT2D eigenvalue weighted by molar-refractivity contribution is 0.00392. The molecule has 2 bridgehead atoms. The van der Waals surface area contributed by atoms with Crippen LogP contribution in [0.3, 0.4) is 0 Å². The number of nitrogens with one attached hydrogen (secondary N) is 2. The summed E-state index contributed by atoms with van der Waals surface area (Å²) in [5.74, 6) is 0. The second-order valence-corrected chi connectivity index (χ2v) is 4.99. The zero-order valence-electron chi connectivity index (χ0n) is 9.58. The van der Waals surface area contributed by atoms with Crippen molar-refractivity contribution in [1.82, 2.24) is 10.6 Å². The second kappa shape index (κ2) is 4.38. The summed E-state index contributed by atoms with van der Waals surface area (Å²) in [5.41, 5.74) is 1.24. The summed E-state index contributed by atoms with van der Waals surface area (Å²) in [7, 11) is 0. The number of aliphatic hydroxyl groups is 2. The first-order valence-corrected chi connectivity index (χ1v) is 6.15. The van der Waals surface area contributed by atoms with Gasteiger partial charge in [-0.05, 0) is 12.0 Å². The molecule has 92 valence electrons. The Morgan fingerprint density at radius 3 is 2.59 bits per heavy atom. The summed E-state index contributed by atoms with van der Waals surface area (Å²) in [6.45, 7) is 0.805. The Kier molecular flexibility index (Phi) is 2.88. The fourth-order valence-corrected chi connectivity index (χ4v) is 2.93. The molecule has 2 aliphatic heterocycles. The molecule has 4 N–H and O–H groups in total. The van der Waals surface area contributed by atoms with Crippen molar-refractivity contribution < 1.29 is 10.2 Å². The Morgan fingerprint density at radius 1 is 1.18 bits per heavy atom. The van der Waals surface area contributed by atoms with Gasteiger partial charge in [-0.15, -0.1) is 0 Å². The number of benzene rings is 1. The van der Waals surface area contributed by atoms with Gasteiger partial charge < -0.3 is 20.8 Å². The zero-order valence-corrected chi connectivity index (χ0v) is 9.58. The molecule has 17 heavy (non-hydrogen) atoms. The Labute approximate surface area is 101 Å². The predicted octanol–water partition coefficient (Wildman–Crippen LogP) is -0.389. The van der Waals surface area contributed by atoms with Crippen LogP contribution in [0.5, 0.6) is 0 Å². The van der Waals surface area contributed by atoms with Gasteiger partial charge in [-0.1, -0.05) is 30.3 Å². The summed E-state index contributed by atoms with van der Waals surface area (Å²) in [6.07, 6.45) is -0.354. The molecule has 3 rings (SSSR count). The average molecular weight is 234 g/mol. The van der Waals surface area contributed by atoms with E-state index in [1.807, 2.05) is 18.2 Å². The highest BCUT2D eigenvalue weighted by molar-refractivity contribution is 5.16. The molecule has 2 saturated heterocycles. The molecule has 0 saturated carbocycles. The first kappa shape index (κ1) is 11.2. The largest absolute Gasteiger partial charge is 0.389 e. The van der Waals surface area contributed by atoms with Crippen LogP contribution in [0.4, 0.5) is 0 Å².